The smallest absolute Gasteiger partial charge is 0.303 e. The number of carbonyl (C=O) groups is 3. The van der Waals surface area contributed by atoms with E-state index in [1.807, 2.05) is 24.3 Å². The van der Waals surface area contributed by atoms with E-state index >= 15 is 0 Å². The number of nitrogens with zero attached hydrogens (tertiary/aromatic N) is 2. The molecule has 1 aromatic heterocycles. The number of rotatable bonds is 2. The second kappa shape index (κ2) is 5.14. The number of nitrogens with one attached hydrogen (secondary N) is 1. The SMILES string of the molecule is CCC(=O)n1cc(/C=C2/NC(=O)N(C)C2=O)c2ccccc21. The standard InChI is InChI=1S/C16H15N3O3/c1-3-14(20)19-9-10(11-6-4-5-7-13(11)19)8-12-15(21)18(2)16(22)17-12/h4-9H,3H2,1-2H3,(H,17,22)/b12-8+. The molecule has 1 aromatic carbocycles. The van der Waals surface area contributed by atoms with Crippen molar-refractivity contribution in [3.05, 3.63) is 41.7 Å². The first kappa shape index (κ1) is 14.1. The Morgan fingerprint density at radius 2 is 2.00 bits per heavy atom. The van der Waals surface area contributed by atoms with Crippen molar-refractivity contribution < 1.29 is 14.4 Å². The molecular formula is C16H15N3O3. The van der Waals surface area contributed by atoms with Crippen LogP contribution in [0.15, 0.2) is 36.2 Å². The zero-order valence-electron chi connectivity index (χ0n) is 12.3. The number of carbonyl (C=O) groups excluding carboxylic acids is 3. The van der Waals surface area contributed by atoms with Gasteiger partial charge in [0, 0.05) is 30.6 Å². The number of aromatic nitrogens is 1. The number of imide groups is 1. The van der Waals surface area contributed by atoms with Crippen LogP contribution in [0.25, 0.3) is 17.0 Å². The molecule has 1 saturated heterocycles. The van der Waals surface area contributed by atoms with Crippen LogP contribution in [0.2, 0.25) is 0 Å². The summed E-state index contributed by atoms with van der Waals surface area (Å²) in [6, 6.07) is 7.00. The quantitative estimate of drug-likeness (QED) is 0.682. The molecule has 2 aromatic rings. The Labute approximate surface area is 127 Å². The van der Waals surface area contributed by atoms with Crippen LogP contribution in [0.3, 0.4) is 0 Å². The molecule has 6 heteroatoms. The van der Waals surface area contributed by atoms with Crippen molar-refractivity contribution >= 4 is 34.8 Å². The summed E-state index contributed by atoms with van der Waals surface area (Å²) in [6.07, 6.45) is 3.68. The topological polar surface area (TPSA) is 71.4 Å². The Morgan fingerprint density at radius 3 is 2.64 bits per heavy atom. The molecule has 0 saturated carbocycles. The summed E-state index contributed by atoms with van der Waals surface area (Å²) in [7, 11) is 1.42. The highest BCUT2D eigenvalue weighted by atomic mass is 16.2. The van der Waals surface area contributed by atoms with Gasteiger partial charge in [-0.05, 0) is 12.1 Å². The number of hydrogen-bond donors (Lipinski definition) is 1. The van der Waals surface area contributed by atoms with Crippen molar-refractivity contribution in [1.82, 2.24) is 14.8 Å². The Kier molecular flexibility index (Phi) is 3.29. The lowest BCUT2D eigenvalue weighted by Gasteiger charge is -1.99. The Balaban J connectivity index is 2.14. The lowest BCUT2D eigenvalue weighted by Crippen LogP contribution is -2.25. The van der Waals surface area contributed by atoms with Crippen molar-refractivity contribution in [2.75, 3.05) is 7.05 Å². The van der Waals surface area contributed by atoms with Crippen LogP contribution in [0.5, 0.6) is 0 Å². The van der Waals surface area contributed by atoms with Gasteiger partial charge in [-0.3, -0.25) is 19.1 Å². The molecule has 0 spiro atoms. The van der Waals surface area contributed by atoms with Crippen LogP contribution >= 0.6 is 0 Å². The molecule has 3 amide bonds. The summed E-state index contributed by atoms with van der Waals surface area (Å²) in [5.41, 5.74) is 1.71. The van der Waals surface area contributed by atoms with Gasteiger partial charge in [-0.1, -0.05) is 25.1 Å². The number of hydrogen-bond acceptors (Lipinski definition) is 3. The van der Waals surface area contributed by atoms with Crippen LogP contribution in [-0.2, 0) is 4.79 Å². The maximum Gasteiger partial charge on any atom is 0.328 e. The fourth-order valence-corrected chi connectivity index (χ4v) is 2.48. The van der Waals surface area contributed by atoms with E-state index in [1.165, 1.54) is 7.05 Å². The molecule has 22 heavy (non-hydrogen) atoms. The first-order valence-electron chi connectivity index (χ1n) is 6.97. The van der Waals surface area contributed by atoms with Crippen molar-refractivity contribution in [2.45, 2.75) is 13.3 Å². The average Bonchev–Trinajstić information content (AvgIpc) is 3.01. The largest absolute Gasteiger partial charge is 0.328 e. The molecule has 0 bridgehead atoms. The van der Waals surface area contributed by atoms with Gasteiger partial charge in [0.05, 0.1) is 5.52 Å². The fourth-order valence-electron chi connectivity index (χ4n) is 2.48. The third-order valence-electron chi connectivity index (χ3n) is 3.70. The van der Waals surface area contributed by atoms with Gasteiger partial charge in [-0.25, -0.2) is 4.79 Å². The van der Waals surface area contributed by atoms with Gasteiger partial charge in [0.2, 0.25) is 5.91 Å². The van der Waals surface area contributed by atoms with Crippen molar-refractivity contribution in [2.24, 2.45) is 0 Å². The number of benzene rings is 1. The van der Waals surface area contributed by atoms with Gasteiger partial charge in [-0.2, -0.15) is 0 Å². The minimum absolute atomic E-state index is 0.0280. The number of likely N-dealkylation sites (N-methyl/N-ethyl adjacent to an activating group) is 1. The van der Waals surface area contributed by atoms with E-state index in [-0.39, 0.29) is 17.5 Å². The maximum atomic E-state index is 12.0. The summed E-state index contributed by atoms with van der Waals surface area (Å²) < 4.78 is 1.58. The zero-order chi connectivity index (χ0) is 15.9. The van der Waals surface area contributed by atoms with E-state index in [1.54, 1.807) is 23.8 Å². The summed E-state index contributed by atoms with van der Waals surface area (Å²) in [6.45, 7) is 1.80. The van der Waals surface area contributed by atoms with Gasteiger partial charge in [0.25, 0.3) is 5.91 Å². The number of amides is 3. The van der Waals surface area contributed by atoms with E-state index in [2.05, 4.69) is 5.32 Å². The van der Waals surface area contributed by atoms with Gasteiger partial charge in [0.1, 0.15) is 5.70 Å². The van der Waals surface area contributed by atoms with Gasteiger partial charge < -0.3 is 5.32 Å². The van der Waals surface area contributed by atoms with Gasteiger partial charge >= 0.3 is 6.03 Å². The summed E-state index contributed by atoms with van der Waals surface area (Å²) in [5, 5.41) is 3.38. The van der Waals surface area contributed by atoms with E-state index in [0.29, 0.717) is 6.42 Å². The minimum atomic E-state index is -0.454. The molecule has 112 valence electrons. The second-order valence-corrected chi connectivity index (χ2v) is 5.07. The van der Waals surface area contributed by atoms with Crippen molar-refractivity contribution in [1.29, 1.82) is 0 Å². The van der Waals surface area contributed by atoms with Gasteiger partial charge in [0.15, 0.2) is 0 Å². The monoisotopic (exact) mass is 297 g/mol. The van der Waals surface area contributed by atoms with Crippen LogP contribution in [0.4, 0.5) is 4.79 Å². The van der Waals surface area contributed by atoms with Crippen molar-refractivity contribution in [3.63, 3.8) is 0 Å². The Morgan fingerprint density at radius 1 is 1.27 bits per heavy atom. The molecule has 0 unspecified atom stereocenters. The van der Waals surface area contributed by atoms with E-state index in [0.717, 1.165) is 21.4 Å². The molecule has 0 radical (unpaired) electrons. The van der Waals surface area contributed by atoms with Crippen LogP contribution in [0, 0.1) is 0 Å². The predicted molar refractivity (Wildman–Crippen MR) is 82.1 cm³/mol. The predicted octanol–water partition coefficient (Wildman–Crippen LogP) is 2.21. The van der Waals surface area contributed by atoms with E-state index in [4.69, 9.17) is 0 Å². The highest BCUT2D eigenvalue weighted by Gasteiger charge is 2.30. The van der Waals surface area contributed by atoms with E-state index < -0.39 is 6.03 Å². The molecule has 1 aliphatic heterocycles. The average molecular weight is 297 g/mol. The highest BCUT2D eigenvalue weighted by Crippen LogP contribution is 2.24. The van der Waals surface area contributed by atoms with Crippen LogP contribution in [0.1, 0.15) is 23.7 Å². The summed E-state index contributed by atoms with van der Waals surface area (Å²) >= 11 is 0. The normalized spacial score (nSPS) is 16.6. The molecular weight excluding hydrogens is 282 g/mol. The fraction of sp³-hybridized carbons (Fsp3) is 0.188. The van der Waals surface area contributed by atoms with Crippen LogP contribution in [-0.4, -0.2) is 34.4 Å². The first-order valence-corrected chi connectivity index (χ1v) is 6.97. The Bertz CT molecular complexity index is 832. The second-order valence-electron chi connectivity index (χ2n) is 5.07. The number of para-hydroxylation sites is 1. The minimum Gasteiger partial charge on any atom is -0.303 e. The summed E-state index contributed by atoms with van der Waals surface area (Å²) in [4.78, 5) is 36.5. The van der Waals surface area contributed by atoms with Crippen LogP contribution < -0.4 is 5.32 Å². The Hall–Kier alpha value is -2.89. The third kappa shape index (κ3) is 2.09. The zero-order valence-corrected chi connectivity index (χ0v) is 12.3. The van der Waals surface area contributed by atoms with E-state index in [9.17, 15) is 14.4 Å². The number of fused-ring (bicyclic) bond motifs is 1. The maximum absolute atomic E-state index is 12.0. The first-order chi connectivity index (χ1) is 10.5. The molecule has 2 heterocycles. The molecule has 1 N–H and O–H groups in total. The molecule has 0 aliphatic carbocycles. The molecule has 0 atom stereocenters. The molecule has 6 nitrogen and oxygen atoms in total. The van der Waals surface area contributed by atoms with Crippen molar-refractivity contribution in [3.8, 4) is 0 Å². The highest BCUT2D eigenvalue weighted by molar-refractivity contribution is 6.14. The summed E-state index contributed by atoms with van der Waals surface area (Å²) in [5.74, 6) is -0.414. The lowest BCUT2D eigenvalue weighted by atomic mass is 10.1. The van der Waals surface area contributed by atoms with Gasteiger partial charge in [-0.15, -0.1) is 0 Å². The lowest BCUT2D eigenvalue weighted by molar-refractivity contribution is -0.121. The third-order valence-corrected chi connectivity index (χ3v) is 3.70. The molecule has 1 aliphatic rings. The molecule has 3 rings (SSSR count). The molecule has 1 fully saturated rings. The number of urea groups is 1.